The van der Waals surface area contributed by atoms with E-state index in [1.807, 2.05) is 20.0 Å². The fourth-order valence-corrected chi connectivity index (χ4v) is 4.21. The summed E-state index contributed by atoms with van der Waals surface area (Å²) in [6.45, 7) is 3.61. The summed E-state index contributed by atoms with van der Waals surface area (Å²) in [7, 11) is 3.60. The van der Waals surface area contributed by atoms with Crippen molar-refractivity contribution in [1.82, 2.24) is 14.5 Å². The first-order chi connectivity index (χ1) is 15.5. The van der Waals surface area contributed by atoms with Crippen LogP contribution in [0.25, 0.3) is 0 Å². The average Bonchev–Trinajstić information content (AvgIpc) is 3.24. The number of methoxy groups -OCH3 is 1. The van der Waals surface area contributed by atoms with Gasteiger partial charge in [0, 0.05) is 24.9 Å². The van der Waals surface area contributed by atoms with Crippen molar-refractivity contribution in [2.24, 2.45) is 4.99 Å². The van der Waals surface area contributed by atoms with Crippen LogP contribution in [0.5, 0.6) is 23.1 Å². The van der Waals surface area contributed by atoms with E-state index in [1.54, 1.807) is 7.11 Å². The van der Waals surface area contributed by atoms with Gasteiger partial charge in [-0.15, -0.1) is 0 Å². The number of nitrogens with one attached hydrogen (secondary N) is 1. The number of aromatic amines is 1. The summed E-state index contributed by atoms with van der Waals surface area (Å²) < 4.78 is 18.0. The lowest BCUT2D eigenvalue weighted by Crippen LogP contribution is -2.34. The van der Waals surface area contributed by atoms with E-state index in [4.69, 9.17) is 14.2 Å². The third-order valence-corrected chi connectivity index (χ3v) is 5.99. The van der Waals surface area contributed by atoms with Crippen molar-refractivity contribution in [1.29, 1.82) is 0 Å². The molecule has 2 aliphatic heterocycles. The molecule has 0 spiro atoms. The van der Waals surface area contributed by atoms with Gasteiger partial charge < -0.3 is 19.3 Å². The summed E-state index contributed by atoms with van der Waals surface area (Å²) in [5.74, 6) is 1.54. The molecule has 2 aromatic rings. The zero-order valence-corrected chi connectivity index (χ0v) is 18.5. The highest BCUT2D eigenvalue weighted by Crippen LogP contribution is 2.49. The maximum Gasteiger partial charge on any atom is 0.331 e. The van der Waals surface area contributed by atoms with Crippen LogP contribution in [-0.4, -0.2) is 59.8 Å². The van der Waals surface area contributed by atoms with Crippen LogP contribution in [0.1, 0.15) is 42.5 Å². The molecule has 3 heterocycles. The van der Waals surface area contributed by atoms with Crippen LogP contribution >= 0.6 is 0 Å². The molecule has 1 unspecified atom stereocenters. The second kappa shape index (κ2) is 9.07. The van der Waals surface area contributed by atoms with Crippen LogP contribution in [0, 0.1) is 0 Å². The first kappa shape index (κ1) is 21.9. The Balaban J connectivity index is 1.66. The molecule has 2 aliphatic rings. The monoisotopic (exact) mass is 444 g/mol. The quantitative estimate of drug-likeness (QED) is 0.620. The van der Waals surface area contributed by atoms with E-state index in [2.05, 4.69) is 14.9 Å². The van der Waals surface area contributed by atoms with Crippen molar-refractivity contribution in [2.75, 3.05) is 34.0 Å². The van der Waals surface area contributed by atoms with Gasteiger partial charge in [0.15, 0.2) is 11.5 Å². The lowest BCUT2D eigenvalue weighted by molar-refractivity contribution is 0.170. The van der Waals surface area contributed by atoms with Gasteiger partial charge in [0.1, 0.15) is 5.56 Å². The smallest absolute Gasteiger partial charge is 0.331 e. The number of rotatable bonds is 7. The minimum absolute atomic E-state index is 0.0305. The summed E-state index contributed by atoms with van der Waals surface area (Å²) in [5.41, 5.74) is 0.770. The molecular weight excluding hydrogens is 416 g/mol. The standard InChI is InChI=1S/C22H28N4O6/c1-4-5-7-26-21(28)14(20(27)24-22(26)29)10-23-11-15-17-13(6-8-25(15)2)9-16-18(19(17)30-3)32-12-31-16/h9-10,15,28H,4-8,11-12H2,1-3H3,(H,24,27,29). The highest BCUT2D eigenvalue weighted by atomic mass is 16.7. The maximum atomic E-state index is 12.3. The largest absolute Gasteiger partial charge is 0.494 e. The molecule has 0 aliphatic carbocycles. The molecule has 1 aromatic carbocycles. The predicted molar refractivity (Wildman–Crippen MR) is 119 cm³/mol. The molecule has 1 aromatic heterocycles. The molecule has 0 saturated carbocycles. The topological polar surface area (TPSA) is 118 Å². The molecule has 172 valence electrons. The van der Waals surface area contributed by atoms with Crippen molar-refractivity contribution < 1.29 is 19.3 Å². The minimum Gasteiger partial charge on any atom is -0.494 e. The summed E-state index contributed by atoms with van der Waals surface area (Å²) >= 11 is 0. The SMILES string of the molecule is CCCCn1c(O)c(C=NCC2c3c(cc4c(c3OC)OCO4)CCN2C)c(=O)[nH]c1=O. The van der Waals surface area contributed by atoms with Gasteiger partial charge in [-0.2, -0.15) is 0 Å². The molecule has 10 heteroatoms. The fraction of sp³-hybridized carbons (Fsp3) is 0.500. The number of aromatic nitrogens is 2. The maximum absolute atomic E-state index is 12.3. The van der Waals surface area contributed by atoms with Gasteiger partial charge in [-0.25, -0.2) is 4.79 Å². The zero-order chi connectivity index (χ0) is 22.8. The van der Waals surface area contributed by atoms with E-state index in [-0.39, 0.29) is 24.3 Å². The van der Waals surface area contributed by atoms with E-state index >= 15 is 0 Å². The molecule has 10 nitrogen and oxygen atoms in total. The molecule has 0 amide bonds. The number of benzene rings is 1. The predicted octanol–water partition coefficient (Wildman–Crippen LogP) is 1.43. The summed E-state index contributed by atoms with van der Waals surface area (Å²) in [4.78, 5) is 33.2. The highest BCUT2D eigenvalue weighted by Gasteiger charge is 2.33. The van der Waals surface area contributed by atoms with Gasteiger partial charge in [0.25, 0.3) is 5.56 Å². The van der Waals surface area contributed by atoms with E-state index in [0.717, 1.165) is 35.1 Å². The Morgan fingerprint density at radius 1 is 1.38 bits per heavy atom. The summed E-state index contributed by atoms with van der Waals surface area (Å²) in [6.07, 6.45) is 3.72. The van der Waals surface area contributed by atoms with Gasteiger partial charge in [0.2, 0.25) is 18.4 Å². The van der Waals surface area contributed by atoms with Gasteiger partial charge in [-0.3, -0.25) is 24.2 Å². The molecule has 0 radical (unpaired) electrons. The second-order valence-corrected chi connectivity index (χ2v) is 7.96. The van der Waals surface area contributed by atoms with Gasteiger partial charge in [-0.05, 0) is 31.5 Å². The van der Waals surface area contributed by atoms with Crippen LogP contribution < -0.4 is 25.5 Å². The van der Waals surface area contributed by atoms with Crippen LogP contribution in [0.15, 0.2) is 20.6 Å². The molecule has 0 saturated heterocycles. The number of hydrogen-bond donors (Lipinski definition) is 2. The molecule has 2 N–H and O–H groups in total. The Bertz CT molecular complexity index is 1150. The van der Waals surface area contributed by atoms with E-state index in [9.17, 15) is 14.7 Å². The lowest BCUT2D eigenvalue weighted by Gasteiger charge is -2.35. The minimum atomic E-state index is -0.664. The van der Waals surface area contributed by atoms with Crippen LogP contribution in [-0.2, 0) is 13.0 Å². The highest BCUT2D eigenvalue weighted by molar-refractivity contribution is 5.81. The molecule has 0 bridgehead atoms. The molecule has 1 atom stereocenters. The lowest BCUT2D eigenvalue weighted by atomic mass is 9.91. The van der Waals surface area contributed by atoms with Gasteiger partial charge in [-0.1, -0.05) is 13.3 Å². The van der Waals surface area contributed by atoms with Crippen molar-refractivity contribution >= 4 is 6.21 Å². The fourth-order valence-electron chi connectivity index (χ4n) is 4.21. The first-order valence-corrected chi connectivity index (χ1v) is 10.7. The molecule has 0 fully saturated rings. The number of nitrogens with zero attached hydrogens (tertiary/aromatic N) is 3. The molecular formula is C22H28N4O6. The zero-order valence-electron chi connectivity index (χ0n) is 18.5. The Morgan fingerprint density at radius 2 is 2.19 bits per heavy atom. The number of fused-ring (bicyclic) bond motifs is 2. The Hall–Kier alpha value is -3.27. The number of aromatic hydroxyl groups is 1. The molecule has 32 heavy (non-hydrogen) atoms. The molecule has 4 rings (SSSR count). The van der Waals surface area contributed by atoms with Crippen LogP contribution in [0.3, 0.4) is 0 Å². The van der Waals surface area contributed by atoms with Crippen molar-refractivity contribution in [3.05, 3.63) is 43.6 Å². The Labute approximate surface area is 185 Å². The number of ether oxygens (including phenoxy) is 3. The normalized spacial score (nSPS) is 17.7. The average molecular weight is 444 g/mol. The van der Waals surface area contributed by atoms with Gasteiger partial charge >= 0.3 is 5.69 Å². The number of likely N-dealkylation sites (N-methyl/N-ethyl adjacent to an activating group) is 1. The second-order valence-electron chi connectivity index (χ2n) is 7.96. The third kappa shape index (κ3) is 3.86. The van der Waals surface area contributed by atoms with E-state index in [0.29, 0.717) is 36.8 Å². The number of unbranched alkanes of at least 4 members (excludes halogenated alkanes) is 1. The van der Waals surface area contributed by atoms with Crippen LogP contribution in [0.4, 0.5) is 0 Å². The Morgan fingerprint density at radius 3 is 2.94 bits per heavy atom. The van der Waals surface area contributed by atoms with E-state index < -0.39 is 11.2 Å². The van der Waals surface area contributed by atoms with Crippen molar-refractivity contribution in [3.63, 3.8) is 0 Å². The van der Waals surface area contributed by atoms with Crippen LogP contribution in [0.2, 0.25) is 0 Å². The summed E-state index contributed by atoms with van der Waals surface area (Å²) in [6, 6.07) is 1.87. The van der Waals surface area contributed by atoms with Crippen molar-refractivity contribution in [2.45, 2.75) is 38.8 Å². The third-order valence-electron chi connectivity index (χ3n) is 5.99. The Kier molecular flexibility index (Phi) is 6.22. The first-order valence-electron chi connectivity index (χ1n) is 10.7. The number of H-pyrrole nitrogens is 1. The summed E-state index contributed by atoms with van der Waals surface area (Å²) in [5, 5.41) is 10.5. The number of hydrogen-bond acceptors (Lipinski definition) is 8. The van der Waals surface area contributed by atoms with E-state index in [1.165, 1.54) is 6.21 Å². The number of aliphatic imine (C=N–C) groups is 1. The van der Waals surface area contributed by atoms with Crippen molar-refractivity contribution in [3.8, 4) is 23.1 Å². The van der Waals surface area contributed by atoms with Gasteiger partial charge in [0.05, 0.1) is 19.7 Å².